The van der Waals surface area contributed by atoms with Crippen molar-refractivity contribution in [2.75, 3.05) is 0 Å². The minimum Gasteiger partial charge on any atom is -0.326 e. The molecule has 0 aliphatic carbocycles. The zero-order valence-corrected chi connectivity index (χ0v) is 10.6. The third-order valence-electron chi connectivity index (χ3n) is 3.04. The Morgan fingerprint density at radius 2 is 2.06 bits per heavy atom. The van der Waals surface area contributed by atoms with E-state index in [2.05, 4.69) is 40.7 Å². The van der Waals surface area contributed by atoms with Gasteiger partial charge in [0.15, 0.2) is 0 Å². The van der Waals surface area contributed by atoms with Gasteiger partial charge in [-0.15, -0.1) is 0 Å². The molecule has 2 unspecified atom stereocenters. The summed E-state index contributed by atoms with van der Waals surface area (Å²) >= 11 is 0. The molecule has 0 saturated heterocycles. The fourth-order valence-corrected chi connectivity index (χ4v) is 2.25. The van der Waals surface area contributed by atoms with E-state index >= 15 is 0 Å². The summed E-state index contributed by atoms with van der Waals surface area (Å²) in [6.45, 7) is 6.14. The van der Waals surface area contributed by atoms with Gasteiger partial charge in [0.25, 0.3) is 0 Å². The normalized spacial score (nSPS) is 14.6. The summed E-state index contributed by atoms with van der Waals surface area (Å²) in [7, 11) is 0. The molecule has 1 aromatic heterocycles. The molecular formula is C14H19N3. The third kappa shape index (κ3) is 2.39. The Morgan fingerprint density at radius 1 is 1.29 bits per heavy atom. The van der Waals surface area contributed by atoms with Gasteiger partial charge < -0.3 is 10.3 Å². The van der Waals surface area contributed by atoms with E-state index < -0.39 is 0 Å². The van der Waals surface area contributed by atoms with Crippen LogP contribution in [0.1, 0.15) is 29.9 Å². The molecule has 0 fully saturated rings. The highest BCUT2D eigenvalue weighted by atomic mass is 15.1. The van der Waals surface area contributed by atoms with E-state index in [1.54, 1.807) is 0 Å². The zero-order valence-electron chi connectivity index (χ0n) is 10.6. The molecule has 1 heterocycles. The lowest BCUT2D eigenvalue weighted by molar-refractivity contribution is 0.486. The summed E-state index contributed by atoms with van der Waals surface area (Å²) < 4.78 is 2.14. The fraction of sp³-hybridized carbons (Fsp3) is 0.357. The molecule has 0 amide bonds. The Kier molecular flexibility index (Phi) is 3.29. The van der Waals surface area contributed by atoms with Crippen LogP contribution in [-0.4, -0.2) is 15.6 Å². The number of aromatic nitrogens is 2. The first kappa shape index (κ1) is 11.9. The highest BCUT2D eigenvalue weighted by Gasteiger charge is 2.19. The Labute approximate surface area is 102 Å². The predicted molar refractivity (Wildman–Crippen MR) is 69.9 cm³/mol. The molecule has 17 heavy (non-hydrogen) atoms. The van der Waals surface area contributed by atoms with E-state index in [1.807, 2.05) is 26.2 Å². The summed E-state index contributed by atoms with van der Waals surface area (Å²) in [5, 5.41) is 0. The number of benzene rings is 1. The van der Waals surface area contributed by atoms with Crippen molar-refractivity contribution in [3.63, 3.8) is 0 Å². The fourth-order valence-electron chi connectivity index (χ4n) is 2.25. The molecule has 2 N–H and O–H groups in total. The van der Waals surface area contributed by atoms with Gasteiger partial charge in [-0.2, -0.15) is 0 Å². The molecule has 1 aromatic carbocycles. The van der Waals surface area contributed by atoms with E-state index in [9.17, 15) is 0 Å². The van der Waals surface area contributed by atoms with Crippen molar-refractivity contribution < 1.29 is 0 Å². The second-order valence-corrected chi connectivity index (χ2v) is 4.60. The lowest BCUT2D eigenvalue weighted by Gasteiger charge is -2.24. The molecule has 2 atom stereocenters. The van der Waals surface area contributed by atoms with Gasteiger partial charge in [0.1, 0.15) is 5.82 Å². The molecule has 0 aliphatic heterocycles. The lowest BCUT2D eigenvalue weighted by atomic mass is 9.99. The number of rotatable bonds is 3. The van der Waals surface area contributed by atoms with Gasteiger partial charge >= 0.3 is 0 Å². The second-order valence-electron chi connectivity index (χ2n) is 4.60. The summed E-state index contributed by atoms with van der Waals surface area (Å²) in [6, 6.07) is 8.69. The molecule has 0 bridgehead atoms. The van der Waals surface area contributed by atoms with E-state index in [-0.39, 0.29) is 12.1 Å². The van der Waals surface area contributed by atoms with Crippen LogP contribution >= 0.6 is 0 Å². The van der Waals surface area contributed by atoms with Gasteiger partial charge in [-0.3, -0.25) is 0 Å². The molecule has 90 valence electrons. The topological polar surface area (TPSA) is 43.8 Å². The Morgan fingerprint density at radius 3 is 2.59 bits per heavy atom. The van der Waals surface area contributed by atoms with Gasteiger partial charge in [0.05, 0.1) is 6.04 Å². The quantitative estimate of drug-likeness (QED) is 0.878. The largest absolute Gasteiger partial charge is 0.326 e. The van der Waals surface area contributed by atoms with Crippen molar-refractivity contribution in [2.24, 2.45) is 5.73 Å². The minimum absolute atomic E-state index is 0.0460. The van der Waals surface area contributed by atoms with Crippen LogP contribution in [0.15, 0.2) is 36.7 Å². The first-order chi connectivity index (χ1) is 8.09. The van der Waals surface area contributed by atoms with Crippen LogP contribution in [0.3, 0.4) is 0 Å². The molecule has 3 heteroatoms. The minimum atomic E-state index is 0.0460. The van der Waals surface area contributed by atoms with Crippen molar-refractivity contribution in [1.82, 2.24) is 9.55 Å². The van der Waals surface area contributed by atoms with Crippen molar-refractivity contribution >= 4 is 0 Å². The van der Waals surface area contributed by atoms with Crippen LogP contribution in [0.5, 0.6) is 0 Å². The highest BCUT2D eigenvalue weighted by Crippen LogP contribution is 2.23. The molecule has 0 spiro atoms. The SMILES string of the molecule is Cc1cccc(C(C(C)N)n2ccnc2C)c1. The monoisotopic (exact) mass is 229 g/mol. The number of hydrogen-bond acceptors (Lipinski definition) is 2. The van der Waals surface area contributed by atoms with Crippen molar-refractivity contribution in [2.45, 2.75) is 32.9 Å². The van der Waals surface area contributed by atoms with Crippen molar-refractivity contribution in [3.05, 3.63) is 53.6 Å². The van der Waals surface area contributed by atoms with Crippen LogP contribution in [-0.2, 0) is 0 Å². The summed E-state index contributed by atoms with van der Waals surface area (Å²) in [5.74, 6) is 0.994. The molecule has 2 rings (SSSR count). The van der Waals surface area contributed by atoms with E-state index in [1.165, 1.54) is 11.1 Å². The van der Waals surface area contributed by atoms with Gasteiger partial charge in [-0.05, 0) is 26.3 Å². The van der Waals surface area contributed by atoms with Crippen LogP contribution in [0.25, 0.3) is 0 Å². The Bertz CT molecular complexity index is 500. The second kappa shape index (κ2) is 4.72. The van der Waals surface area contributed by atoms with E-state index in [4.69, 9.17) is 5.73 Å². The third-order valence-corrected chi connectivity index (χ3v) is 3.04. The first-order valence-corrected chi connectivity index (χ1v) is 5.91. The zero-order chi connectivity index (χ0) is 12.4. The number of nitrogens with zero attached hydrogens (tertiary/aromatic N) is 2. The van der Waals surface area contributed by atoms with E-state index in [0.717, 1.165) is 5.82 Å². The van der Waals surface area contributed by atoms with Crippen LogP contribution < -0.4 is 5.73 Å². The average Bonchev–Trinajstić information content (AvgIpc) is 2.65. The van der Waals surface area contributed by atoms with Gasteiger partial charge in [-0.1, -0.05) is 29.8 Å². The van der Waals surface area contributed by atoms with Crippen LogP contribution in [0.2, 0.25) is 0 Å². The summed E-state index contributed by atoms with van der Waals surface area (Å²) in [6.07, 6.45) is 3.81. The maximum atomic E-state index is 6.13. The highest BCUT2D eigenvalue weighted by molar-refractivity contribution is 5.27. The smallest absolute Gasteiger partial charge is 0.106 e. The standard InChI is InChI=1S/C14H19N3/c1-10-5-4-6-13(9-10)14(11(2)15)17-8-7-16-12(17)3/h4-9,11,14H,15H2,1-3H3. The maximum Gasteiger partial charge on any atom is 0.106 e. The Hall–Kier alpha value is -1.61. The maximum absolute atomic E-state index is 6.13. The van der Waals surface area contributed by atoms with Crippen LogP contribution in [0, 0.1) is 13.8 Å². The number of hydrogen-bond donors (Lipinski definition) is 1. The summed E-state index contributed by atoms with van der Waals surface area (Å²) in [4.78, 5) is 4.28. The molecule has 3 nitrogen and oxygen atoms in total. The average molecular weight is 229 g/mol. The number of imidazole rings is 1. The lowest BCUT2D eigenvalue weighted by Crippen LogP contribution is -2.30. The molecule has 0 radical (unpaired) electrons. The first-order valence-electron chi connectivity index (χ1n) is 5.91. The predicted octanol–water partition coefficient (Wildman–Crippen LogP) is 2.44. The van der Waals surface area contributed by atoms with Gasteiger partial charge in [-0.25, -0.2) is 4.98 Å². The number of aryl methyl sites for hydroxylation is 2. The number of nitrogens with two attached hydrogens (primary N) is 1. The molecule has 0 aliphatic rings. The van der Waals surface area contributed by atoms with Crippen molar-refractivity contribution in [1.29, 1.82) is 0 Å². The molecule has 2 aromatic rings. The van der Waals surface area contributed by atoms with Gasteiger partial charge in [0.2, 0.25) is 0 Å². The molecule has 0 saturated carbocycles. The van der Waals surface area contributed by atoms with Crippen molar-refractivity contribution in [3.8, 4) is 0 Å². The van der Waals surface area contributed by atoms with Gasteiger partial charge in [0, 0.05) is 18.4 Å². The Balaban J connectivity index is 2.47. The van der Waals surface area contributed by atoms with E-state index in [0.29, 0.717) is 0 Å². The summed E-state index contributed by atoms with van der Waals surface area (Å²) in [5.41, 5.74) is 8.62. The molecular weight excluding hydrogens is 210 g/mol. The van der Waals surface area contributed by atoms with Crippen LogP contribution in [0.4, 0.5) is 0 Å².